The van der Waals surface area contributed by atoms with Gasteiger partial charge < -0.3 is 14.8 Å². The first kappa shape index (κ1) is 14.4. The number of hydrogen-bond acceptors (Lipinski definition) is 3. The number of carbonyl (C=O) groups excluding carboxylic acids is 1. The zero-order valence-corrected chi connectivity index (χ0v) is 12.4. The molecule has 0 amide bonds. The Bertz CT molecular complexity index is 913. The van der Waals surface area contributed by atoms with Crippen LogP contribution in [0.15, 0.2) is 30.3 Å². The summed E-state index contributed by atoms with van der Waals surface area (Å²) in [7, 11) is 0. The van der Waals surface area contributed by atoms with E-state index in [1.165, 1.54) is 0 Å². The Morgan fingerprint density at radius 2 is 2.00 bits per heavy atom. The SMILES string of the molecule is CCc1c(OC(=O)C(=O)O)ccc2c1[nH]c1ccc(Cl)cc12. The number of carboxylic acid groups (broad SMARTS) is 1. The molecule has 6 heteroatoms. The molecule has 0 aliphatic carbocycles. The van der Waals surface area contributed by atoms with Crippen LogP contribution in [-0.4, -0.2) is 22.0 Å². The number of carbonyl (C=O) groups is 2. The first-order valence-corrected chi connectivity index (χ1v) is 7.07. The zero-order chi connectivity index (χ0) is 15.9. The summed E-state index contributed by atoms with van der Waals surface area (Å²) in [6.07, 6.45) is 0.583. The fourth-order valence-electron chi connectivity index (χ4n) is 2.57. The number of H-pyrrole nitrogens is 1. The maximum absolute atomic E-state index is 11.3. The van der Waals surface area contributed by atoms with Crippen molar-refractivity contribution in [1.29, 1.82) is 0 Å². The number of nitrogens with one attached hydrogen (secondary N) is 1. The third kappa shape index (κ3) is 2.29. The standard InChI is InChI=1S/C16H12ClNO4/c1-2-9-13(22-16(21)15(19)20)6-4-10-11-7-8(17)3-5-12(11)18-14(9)10/h3-7,18H,2H2,1H3,(H,19,20). The average molecular weight is 318 g/mol. The maximum atomic E-state index is 11.3. The van der Waals surface area contributed by atoms with E-state index in [-0.39, 0.29) is 5.75 Å². The number of ether oxygens (including phenoxy) is 1. The Morgan fingerprint density at radius 3 is 2.68 bits per heavy atom. The largest absolute Gasteiger partial charge is 0.473 e. The fraction of sp³-hybridized carbons (Fsp3) is 0.125. The van der Waals surface area contributed by atoms with Gasteiger partial charge in [0.25, 0.3) is 0 Å². The minimum absolute atomic E-state index is 0.250. The van der Waals surface area contributed by atoms with Crippen LogP contribution in [0.5, 0.6) is 5.75 Å². The van der Waals surface area contributed by atoms with E-state index in [0.29, 0.717) is 11.4 Å². The molecule has 2 N–H and O–H groups in total. The second-order valence-corrected chi connectivity index (χ2v) is 5.26. The van der Waals surface area contributed by atoms with Crippen molar-refractivity contribution in [3.05, 3.63) is 40.9 Å². The number of carboxylic acids is 1. The third-order valence-corrected chi connectivity index (χ3v) is 3.77. The highest BCUT2D eigenvalue weighted by atomic mass is 35.5. The monoisotopic (exact) mass is 317 g/mol. The molecule has 2 aromatic carbocycles. The Kier molecular flexibility index (Phi) is 3.50. The molecule has 0 fully saturated rings. The van der Waals surface area contributed by atoms with Crippen LogP contribution in [0.2, 0.25) is 5.02 Å². The number of aliphatic carboxylic acids is 1. The molecule has 1 heterocycles. The summed E-state index contributed by atoms with van der Waals surface area (Å²) in [6, 6.07) is 8.92. The predicted octanol–water partition coefficient (Wildman–Crippen LogP) is 3.53. The Balaban J connectivity index is 2.23. The molecule has 0 spiro atoms. The topological polar surface area (TPSA) is 79.4 Å². The van der Waals surface area contributed by atoms with Gasteiger partial charge in [-0.3, -0.25) is 0 Å². The fourth-order valence-corrected chi connectivity index (χ4v) is 2.74. The van der Waals surface area contributed by atoms with E-state index in [1.54, 1.807) is 18.2 Å². The summed E-state index contributed by atoms with van der Waals surface area (Å²) < 4.78 is 4.94. The van der Waals surface area contributed by atoms with E-state index < -0.39 is 11.9 Å². The second-order valence-electron chi connectivity index (χ2n) is 4.83. The number of aryl methyl sites for hydroxylation is 1. The summed E-state index contributed by atoms with van der Waals surface area (Å²) in [6.45, 7) is 1.91. The van der Waals surface area contributed by atoms with Gasteiger partial charge in [-0.15, -0.1) is 0 Å². The Morgan fingerprint density at radius 1 is 1.23 bits per heavy atom. The van der Waals surface area contributed by atoms with Crippen molar-refractivity contribution < 1.29 is 19.4 Å². The van der Waals surface area contributed by atoms with Crippen LogP contribution in [0.3, 0.4) is 0 Å². The molecule has 22 heavy (non-hydrogen) atoms. The molecule has 0 bridgehead atoms. The van der Waals surface area contributed by atoms with Crippen molar-refractivity contribution in [3.8, 4) is 5.75 Å². The zero-order valence-electron chi connectivity index (χ0n) is 11.6. The van der Waals surface area contributed by atoms with E-state index in [9.17, 15) is 9.59 Å². The number of hydrogen-bond donors (Lipinski definition) is 2. The molecule has 0 unspecified atom stereocenters. The number of halogens is 1. The molecule has 3 aromatic rings. The number of aromatic nitrogens is 1. The van der Waals surface area contributed by atoms with Crippen LogP contribution in [0.25, 0.3) is 21.8 Å². The number of aromatic amines is 1. The number of benzene rings is 2. The van der Waals surface area contributed by atoms with E-state index in [2.05, 4.69) is 4.98 Å². The minimum Gasteiger partial charge on any atom is -0.473 e. The lowest BCUT2D eigenvalue weighted by Crippen LogP contribution is -2.19. The molecule has 5 nitrogen and oxygen atoms in total. The van der Waals surface area contributed by atoms with Crippen LogP contribution in [-0.2, 0) is 16.0 Å². The van der Waals surface area contributed by atoms with E-state index in [0.717, 1.165) is 27.4 Å². The highest BCUT2D eigenvalue weighted by molar-refractivity contribution is 6.32. The lowest BCUT2D eigenvalue weighted by atomic mass is 10.1. The lowest BCUT2D eigenvalue weighted by molar-refractivity contribution is -0.158. The second kappa shape index (κ2) is 5.35. The summed E-state index contributed by atoms with van der Waals surface area (Å²) in [5, 5.41) is 11.2. The van der Waals surface area contributed by atoms with Crippen molar-refractivity contribution in [2.75, 3.05) is 0 Å². The molecule has 1 aromatic heterocycles. The van der Waals surface area contributed by atoms with Gasteiger partial charge in [0.1, 0.15) is 5.75 Å². The Labute approximate surface area is 130 Å². The summed E-state index contributed by atoms with van der Waals surface area (Å²) in [5.41, 5.74) is 2.48. The minimum atomic E-state index is -1.62. The van der Waals surface area contributed by atoms with Gasteiger partial charge >= 0.3 is 11.9 Å². The lowest BCUT2D eigenvalue weighted by Gasteiger charge is -2.08. The normalized spacial score (nSPS) is 11.0. The summed E-state index contributed by atoms with van der Waals surface area (Å²) in [5.74, 6) is -2.67. The first-order chi connectivity index (χ1) is 10.5. The highest BCUT2D eigenvalue weighted by Gasteiger charge is 2.18. The first-order valence-electron chi connectivity index (χ1n) is 6.69. The van der Waals surface area contributed by atoms with Gasteiger partial charge in [0.15, 0.2) is 0 Å². The van der Waals surface area contributed by atoms with Crippen molar-refractivity contribution in [1.82, 2.24) is 4.98 Å². The number of fused-ring (bicyclic) bond motifs is 3. The van der Waals surface area contributed by atoms with Crippen LogP contribution >= 0.6 is 11.6 Å². The predicted molar refractivity (Wildman–Crippen MR) is 83.5 cm³/mol. The molecular formula is C16H12ClNO4. The van der Waals surface area contributed by atoms with Crippen molar-refractivity contribution >= 4 is 45.3 Å². The summed E-state index contributed by atoms with van der Waals surface area (Å²) in [4.78, 5) is 25.2. The maximum Gasteiger partial charge on any atom is 0.422 e. The molecule has 0 aliphatic heterocycles. The van der Waals surface area contributed by atoms with Crippen molar-refractivity contribution in [3.63, 3.8) is 0 Å². The van der Waals surface area contributed by atoms with Crippen molar-refractivity contribution in [2.45, 2.75) is 13.3 Å². The number of esters is 1. The molecular weight excluding hydrogens is 306 g/mol. The molecule has 0 saturated heterocycles. The van der Waals surface area contributed by atoms with Crippen molar-refractivity contribution in [2.24, 2.45) is 0 Å². The quantitative estimate of drug-likeness (QED) is 0.430. The van der Waals surface area contributed by atoms with E-state index in [4.69, 9.17) is 21.4 Å². The Hall–Kier alpha value is -2.53. The van der Waals surface area contributed by atoms with Gasteiger partial charge in [-0.05, 0) is 36.8 Å². The van der Waals surface area contributed by atoms with Gasteiger partial charge in [-0.25, -0.2) is 9.59 Å². The van der Waals surface area contributed by atoms with E-state index >= 15 is 0 Å². The van der Waals surface area contributed by atoms with Crippen LogP contribution in [0.4, 0.5) is 0 Å². The van der Waals surface area contributed by atoms with Crippen LogP contribution in [0, 0.1) is 0 Å². The van der Waals surface area contributed by atoms with Crippen LogP contribution in [0.1, 0.15) is 12.5 Å². The molecule has 3 rings (SSSR count). The van der Waals surface area contributed by atoms with E-state index in [1.807, 2.05) is 19.1 Å². The number of rotatable bonds is 2. The molecule has 0 saturated carbocycles. The summed E-state index contributed by atoms with van der Waals surface area (Å²) >= 11 is 6.04. The smallest absolute Gasteiger partial charge is 0.422 e. The average Bonchev–Trinajstić information content (AvgIpc) is 2.84. The van der Waals surface area contributed by atoms with Gasteiger partial charge in [0, 0.05) is 26.9 Å². The highest BCUT2D eigenvalue weighted by Crippen LogP contribution is 2.34. The molecule has 0 atom stereocenters. The third-order valence-electron chi connectivity index (χ3n) is 3.53. The van der Waals surface area contributed by atoms with Gasteiger partial charge in [-0.2, -0.15) is 0 Å². The van der Waals surface area contributed by atoms with Gasteiger partial charge in [-0.1, -0.05) is 18.5 Å². The van der Waals surface area contributed by atoms with Crippen LogP contribution < -0.4 is 4.74 Å². The van der Waals surface area contributed by atoms with Gasteiger partial charge in [0.2, 0.25) is 0 Å². The van der Waals surface area contributed by atoms with Gasteiger partial charge in [0.05, 0.1) is 5.52 Å². The molecule has 112 valence electrons. The molecule has 0 radical (unpaired) electrons. The molecule has 0 aliphatic rings.